The normalized spacial score (nSPS) is 12.5. The molecule has 0 radical (unpaired) electrons. The molecule has 0 aliphatic rings. The fraction of sp³-hybridized carbons (Fsp3) is 0.250. The second-order valence-corrected chi connectivity index (χ2v) is 5.24. The van der Waals surface area contributed by atoms with E-state index in [2.05, 4.69) is 5.32 Å². The zero-order valence-electron chi connectivity index (χ0n) is 11.6. The molecule has 0 spiro atoms. The maximum atomic E-state index is 14.0. The molecule has 1 N–H and O–H groups in total. The van der Waals surface area contributed by atoms with E-state index in [4.69, 9.17) is 11.6 Å². The van der Waals surface area contributed by atoms with Crippen LogP contribution in [-0.4, -0.2) is 7.05 Å². The standard InChI is InChI=1S/C16H16ClF2N/c1-9-6-16(19)13(8-15(9)18)11-4-5-12(10(2)20-3)14(17)7-11/h4-8,10,20H,1-3H3. The summed E-state index contributed by atoms with van der Waals surface area (Å²) in [6.07, 6.45) is 0. The predicted octanol–water partition coefficient (Wildman–Crippen LogP) is 4.87. The third kappa shape index (κ3) is 2.84. The van der Waals surface area contributed by atoms with E-state index in [9.17, 15) is 8.78 Å². The summed E-state index contributed by atoms with van der Waals surface area (Å²) in [4.78, 5) is 0. The van der Waals surface area contributed by atoms with Gasteiger partial charge in [-0.2, -0.15) is 0 Å². The third-order valence-electron chi connectivity index (χ3n) is 3.46. The molecule has 1 nitrogen and oxygen atoms in total. The van der Waals surface area contributed by atoms with Gasteiger partial charge in [-0.1, -0.05) is 23.7 Å². The molecule has 0 amide bonds. The Labute approximate surface area is 122 Å². The van der Waals surface area contributed by atoms with E-state index in [0.29, 0.717) is 10.6 Å². The fourth-order valence-electron chi connectivity index (χ4n) is 2.07. The van der Waals surface area contributed by atoms with Crippen LogP contribution in [0.25, 0.3) is 11.1 Å². The van der Waals surface area contributed by atoms with Gasteiger partial charge in [-0.15, -0.1) is 0 Å². The van der Waals surface area contributed by atoms with Crippen molar-refractivity contribution in [1.29, 1.82) is 0 Å². The number of hydrogen-bond donors (Lipinski definition) is 1. The van der Waals surface area contributed by atoms with Crippen molar-refractivity contribution in [2.24, 2.45) is 0 Å². The lowest BCUT2D eigenvalue weighted by Gasteiger charge is -2.14. The average Bonchev–Trinajstić information content (AvgIpc) is 2.42. The number of halogens is 3. The van der Waals surface area contributed by atoms with E-state index in [-0.39, 0.29) is 17.2 Å². The van der Waals surface area contributed by atoms with E-state index >= 15 is 0 Å². The fourth-order valence-corrected chi connectivity index (χ4v) is 2.41. The molecule has 0 saturated carbocycles. The molecule has 0 bridgehead atoms. The molecule has 2 rings (SSSR count). The first kappa shape index (κ1) is 14.9. The van der Waals surface area contributed by atoms with Gasteiger partial charge in [0.2, 0.25) is 0 Å². The van der Waals surface area contributed by atoms with Crippen molar-refractivity contribution in [3.8, 4) is 11.1 Å². The molecule has 2 aromatic rings. The molecule has 1 atom stereocenters. The van der Waals surface area contributed by atoms with Gasteiger partial charge in [-0.3, -0.25) is 0 Å². The quantitative estimate of drug-likeness (QED) is 0.851. The van der Waals surface area contributed by atoms with E-state index in [1.54, 1.807) is 12.1 Å². The van der Waals surface area contributed by atoms with Crippen molar-refractivity contribution in [1.82, 2.24) is 5.32 Å². The number of rotatable bonds is 3. The van der Waals surface area contributed by atoms with Crippen molar-refractivity contribution < 1.29 is 8.78 Å². The van der Waals surface area contributed by atoms with Crippen LogP contribution >= 0.6 is 11.6 Å². The van der Waals surface area contributed by atoms with Gasteiger partial charge in [0, 0.05) is 16.6 Å². The SMILES string of the molecule is CNC(C)c1ccc(-c2cc(F)c(C)cc2F)cc1Cl. The lowest BCUT2D eigenvalue weighted by Crippen LogP contribution is -2.12. The summed E-state index contributed by atoms with van der Waals surface area (Å²) in [5.41, 5.74) is 2.00. The Kier molecular flexibility index (Phi) is 4.41. The van der Waals surface area contributed by atoms with Crippen molar-refractivity contribution in [3.05, 3.63) is 58.1 Å². The van der Waals surface area contributed by atoms with E-state index in [1.165, 1.54) is 19.1 Å². The maximum absolute atomic E-state index is 14.0. The number of aryl methyl sites for hydroxylation is 1. The third-order valence-corrected chi connectivity index (χ3v) is 3.79. The number of benzene rings is 2. The zero-order valence-corrected chi connectivity index (χ0v) is 12.4. The first-order valence-electron chi connectivity index (χ1n) is 6.36. The summed E-state index contributed by atoms with van der Waals surface area (Å²) in [6.45, 7) is 3.51. The molecule has 20 heavy (non-hydrogen) atoms. The van der Waals surface area contributed by atoms with Crippen molar-refractivity contribution in [3.63, 3.8) is 0 Å². The van der Waals surface area contributed by atoms with E-state index < -0.39 is 11.6 Å². The van der Waals surface area contributed by atoms with Gasteiger partial charge in [0.1, 0.15) is 11.6 Å². The van der Waals surface area contributed by atoms with Gasteiger partial charge in [-0.25, -0.2) is 8.78 Å². The first-order valence-corrected chi connectivity index (χ1v) is 6.74. The highest BCUT2D eigenvalue weighted by Crippen LogP contribution is 2.31. The molecule has 0 aromatic heterocycles. The minimum atomic E-state index is -0.450. The second kappa shape index (κ2) is 5.90. The van der Waals surface area contributed by atoms with Crippen LogP contribution in [0.3, 0.4) is 0 Å². The molecule has 4 heteroatoms. The van der Waals surface area contributed by atoms with Crippen molar-refractivity contribution >= 4 is 11.6 Å². The molecule has 1 unspecified atom stereocenters. The van der Waals surface area contributed by atoms with Crippen LogP contribution in [0.4, 0.5) is 8.78 Å². The average molecular weight is 296 g/mol. The molecule has 0 heterocycles. The molecule has 0 aliphatic heterocycles. The Balaban J connectivity index is 2.49. The van der Waals surface area contributed by atoms with E-state index in [0.717, 1.165) is 5.56 Å². The van der Waals surface area contributed by atoms with Crippen molar-refractivity contribution in [2.75, 3.05) is 7.05 Å². The highest BCUT2D eigenvalue weighted by Gasteiger charge is 2.13. The van der Waals surface area contributed by atoms with Crippen LogP contribution in [0.5, 0.6) is 0 Å². The minimum absolute atomic E-state index is 0.0937. The summed E-state index contributed by atoms with van der Waals surface area (Å²) in [7, 11) is 1.84. The lowest BCUT2D eigenvalue weighted by molar-refractivity contribution is 0.595. The summed E-state index contributed by atoms with van der Waals surface area (Å²) >= 11 is 6.22. The molecular formula is C16H16ClF2N. The second-order valence-electron chi connectivity index (χ2n) is 4.83. The first-order chi connectivity index (χ1) is 9.43. The summed E-state index contributed by atoms with van der Waals surface area (Å²) in [5, 5.41) is 3.62. The zero-order chi connectivity index (χ0) is 14.9. The Morgan fingerprint density at radius 3 is 2.40 bits per heavy atom. The Hall–Kier alpha value is -1.45. The van der Waals surface area contributed by atoms with Gasteiger partial charge in [0.15, 0.2) is 0 Å². The van der Waals surface area contributed by atoms with Gasteiger partial charge in [-0.05, 0) is 55.8 Å². The minimum Gasteiger partial charge on any atom is -0.313 e. The maximum Gasteiger partial charge on any atom is 0.131 e. The van der Waals surface area contributed by atoms with E-state index in [1.807, 2.05) is 20.0 Å². The summed E-state index contributed by atoms with van der Waals surface area (Å²) < 4.78 is 27.5. The van der Waals surface area contributed by atoms with Gasteiger partial charge in [0.05, 0.1) is 0 Å². The number of hydrogen-bond acceptors (Lipinski definition) is 1. The molecule has 106 valence electrons. The van der Waals surface area contributed by atoms with Gasteiger partial charge >= 0.3 is 0 Å². The molecule has 0 aliphatic carbocycles. The van der Waals surface area contributed by atoms with Crippen LogP contribution in [0.15, 0.2) is 30.3 Å². The summed E-state index contributed by atoms with van der Waals surface area (Å²) in [5.74, 6) is -0.875. The van der Waals surface area contributed by atoms with Gasteiger partial charge in [0.25, 0.3) is 0 Å². The highest BCUT2D eigenvalue weighted by molar-refractivity contribution is 6.31. The van der Waals surface area contributed by atoms with Crippen LogP contribution in [0, 0.1) is 18.6 Å². The Bertz CT molecular complexity index is 641. The number of nitrogens with one attached hydrogen (secondary N) is 1. The van der Waals surface area contributed by atoms with Crippen LogP contribution in [0.2, 0.25) is 5.02 Å². The molecular weight excluding hydrogens is 280 g/mol. The molecule has 2 aromatic carbocycles. The lowest BCUT2D eigenvalue weighted by atomic mass is 9.99. The van der Waals surface area contributed by atoms with Gasteiger partial charge < -0.3 is 5.32 Å². The summed E-state index contributed by atoms with van der Waals surface area (Å²) in [6, 6.07) is 7.74. The smallest absolute Gasteiger partial charge is 0.131 e. The van der Waals surface area contributed by atoms with Crippen LogP contribution < -0.4 is 5.32 Å². The predicted molar refractivity (Wildman–Crippen MR) is 79.0 cm³/mol. The van der Waals surface area contributed by atoms with Crippen LogP contribution in [-0.2, 0) is 0 Å². The Morgan fingerprint density at radius 2 is 1.80 bits per heavy atom. The monoisotopic (exact) mass is 295 g/mol. The molecule has 0 saturated heterocycles. The molecule has 0 fully saturated rings. The largest absolute Gasteiger partial charge is 0.313 e. The van der Waals surface area contributed by atoms with Crippen LogP contribution in [0.1, 0.15) is 24.1 Å². The Morgan fingerprint density at radius 1 is 1.10 bits per heavy atom. The van der Waals surface area contributed by atoms with Crippen molar-refractivity contribution in [2.45, 2.75) is 19.9 Å². The topological polar surface area (TPSA) is 12.0 Å². The highest BCUT2D eigenvalue weighted by atomic mass is 35.5.